The lowest BCUT2D eigenvalue weighted by Crippen LogP contribution is -2.58. The van der Waals surface area contributed by atoms with Gasteiger partial charge in [-0.15, -0.1) is 10.2 Å². The molecule has 118 valence electrons. The molecule has 3 aromatic rings. The quantitative estimate of drug-likeness (QED) is 0.702. The Morgan fingerprint density at radius 2 is 2.13 bits per heavy atom. The second-order valence-electron chi connectivity index (χ2n) is 5.88. The Labute approximate surface area is 142 Å². The number of aromatic nitrogens is 4. The van der Waals surface area contributed by atoms with Crippen LogP contribution in [0.5, 0.6) is 0 Å². The van der Waals surface area contributed by atoms with E-state index in [1.54, 1.807) is 12.5 Å². The SMILES string of the molecule is CN(Cc1ccccc1Br)C1CN(c2nccn3cnnc23)C1. The Morgan fingerprint density at radius 1 is 1.30 bits per heavy atom. The molecule has 0 amide bonds. The molecular formula is C16H17BrN6. The van der Waals surface area contributed by atoms with Crippen molar-refractivity contribution in [1.29, 1.82) is 0 Å². The normalized spacial score (nSPS) is 15.3. The number of hydrogen-bond acceptors (Lipinski definition) is 5. The minimum atomic E-state index is 0.520. The topological polar surface area (TPSA) is 49.6 Å². The van der Waals surface area contributed by atoms with Crippen molar-refractivity contribution in [2.24, 2.45) is 0 Å². The summed E-state index contributed by atoms with van der Waals surface area (Å²) < 4.78 is 3.07. The number of fused-ring (bicyclic) bond motifs is 1. The van der Waals surface area contributed by atoms with Crippen molar-refractivity contribution in [1.82, 2.24) is 24.5 Å². The molecule has 0 atom stereocenters. The first-order valence-corrected chi connectivity index (χ1v) is 8.34. The van der Waals surface area contributed by atoms with Gasteiger partial charge in [0, 0.05) is 42.5 Å². The van der Waals surface area contributed by atoms with E-state index >= 15 is 0 Å². The molecule has 0 spiro atoms. The molecule has 23 heavy (non-hydrogen) atoms. The van der Waals surface area contributed by atoms with E-state index in [4.69, 9.17) is 0 Å². The lowest BCUT2D eigenvalue weighted by Gasteiger charge is -2.44. The van der Waals surface area contributed by atoms with Crippen LogP contribution in [0, 0.1) is 0 Å². The van der Waals surface area contributed by atoms with Gasteiger partial charge in [-0.3, -0.25) is 9.30 Å². The van der Waals surface area contributed by atoms with E-state index in [0.717, 1.165) is 35.6 Å². The van der Waals surface area contributed by atoms with Crippen LogP contribution in [-0.2, 0) is 6.54 Å². The summed E-state index contributed by atoms with van der Waals surface area (Å²) in [6.45, 7) is 2.85. The summed E-state index contributed by atoms with van der Waals surface area (Å²) >= 11 is 3.62. The highest BCUT2D eigenvalue weighted by Crippen LogP contribution is 2.26. The number of rotatable bonds is 4. The third kappa shape index (κ3) is 2.70. The van der Waals surface area contributed by atoms with Crippen LogP contribution in [0.2, 0.25) is 0 Å². The van der Waals surface area contributed by atoms with Crippen molar-refractivity contribution in [3.8, 4) is 0 Å². The molecule has 1 saturated heterocycles. The molecule has 0 saturated carbocycles. The van der Waals surface area contributed by atoms with Crippen molar-refractivity contribution in [3.63, 3.8) is 0 Å². The average molecular weight is 373 g/mol. The number of anilines is 1. The lowest BCUT2D eigenvalue weighted by molar-refractivity contribution is 0.196. The zero-order valence-electron chi connectivity index (χ0n) is 12.8. The van der Waals surface area contributed by atoms with Gasteiger partial charge < -0.3 is 4.90 Å². The predicted octanol–water partition coefficient (Wildman–Crippen LogP) is 2.21. The summed E-state index contributed by atoms with van der Waals surface area (Å²) in [6, 6.07) is 8.90. The molecule has 7 heteroatoms. The summed E-state index contributed by atoms with van der Waals surface area (Å²) in [5.74, 6) is 0.913. The lowest BCUT2D eigenvalue weighted by atomic mass is 10.1. The summed E-state index contributed by atoms with van der Waals surface area (Å²) in [4.78, 5) is 9.11. The second kappa shape index (κ2) is 5.90. The Morgan fingerprint density at radius 3 is 2.96 bits per heavy atom. The molecule has 1 aliphatic heterocycles. The molecule has 1 fully saturated rings. The molecule has 1 aromatic carbocycles. The van der Waals surface area contributed by atoms with E-state index in [2.05, 4.69) is 66.2 Å². The molecule has 0 radical (unpaired) electrons. The van der Waals surface area contributed by atoms with E-state index < -0.39 is 0 Å². The Hall–Kier alpha value is -1.99. The fourth-order valence-corrected chi connectivity index (χ4v) is 3.31. The van der Waals surface area contributed by atoms with Gasteiger partial charge in [-0.1, -0.05) is 34.1 Å². The van der Waals surface area contributed by atoms with Crippen LogP contribution in [-0.4, -0.2) is 50.7 Å². The third-order valence-corrected chi connectivity index (χ3v) is 5.13. The maximum Gasteiger partial charge on any atom is 0.203 e. The van der Waals surface area contributed by atoms with Crippen molar-refractivity contribution >= 4 is 27.4 Å². The number of benzene rings is 1. The van der Waals surface area contributed by atoms with Crippen molar-refractivity contribution < 1.29 is 0 Å². The van der Waals surface area contributed by atoms with E-state index in [1.807, 2.05) is 16.7 Å². The highest BCUT2D eigenvalue weighted by Gasteiger charge is 2.32. The smallest absolute Gasteiger partial charge is 0.203 e. The standard InChI is InChI=1S/C16H17BrN6/c1-21(8-12-4-2-3-5-14(12)17)13-9-23(10-13)15-16-20-19-11-22(16)7-6-18-15/h2-7,11,13H,8-10H2,1H3. The molecule has 4 rings (SSSR count). The number of likely N-dealkylation sites (N-methyl/N-ethyl adjacent to an activating group) is 1. The maximum absolute atomic E-state index is 4.47. The monoisotopic (exact) mass is 372 g/mol. The minimum absolute atomic E-state index is 0.520. The van der Waals surface area contributed by atoms with E-state index in [1.165, 1.54) is 5.56 Å². The molecule has 0 unspecified atom stereocenters. The molecule has 0 aliphatic carbocycles. The maximum atomic E-state index is 4.47. The largest absolute Gasteiger partial charge is 0.350 e. The molecule has 2 aromatic heterocycles. The van der Waals surface area contributed by atoms with Crippen molar-refractivity contribution in [2.45, 2.75) is 12.6 Å². The van der Waals surface area contributed by atoms with Crippen LogP contribution in [0.3, 0.4) is 0 Å². The highest BCUT2D eigenvalue weighted by molar-refractivity contribution is 9.10. The zero-order valence-corrected chi connectivity index (χ0v) is 14.4. The molecule has 3 heterocycles. The zero-order chi connectivity index (χ0) is 15.8. The van der Waals surface area contributed by atoms with Gasteiger partial charge in [0.1, 0.15) is 6.33 Å². The van der Waals surface area contributed by atoms with Gasteiger partial charge in [-0.2, -0.15) is 0 Å². The predicted molar refractivity (Wildman–Crippen MR) is 92.4 cm³/mol. The molecule has 1 aliphatic rings. The van der Waals surface area contributed by atoms with Gasteiger partial charge in [0.15, 0.2) is 5.82 Å². The minimum Gasteiger partial charge on any atom is -0.350 e. The fourth-order valence-electron chi connectivity index (χ4n) is 2.90. The number of nitrogens with zero attached hydrogens (tertiary/aromatic N) is 6. The summed E-state index contributed by atoms with van der Waals surface area (Å²) in [5, 5.41) is 8.11. The second-order valence-corrected chi connectivity index (χ2v) is 6.73. The van der Waals surface area contributed by atoms with Gasteiger partial charge in [0.25, 0.3) is 0 Å². The Bertz CT molecular complexity index is 826. The first kappa shape index (κ1) is 14.6. The van der Waals surface area contributed by atoms with Crippen molar-refractivity contribution in [3.05, 3.63) is 53.0 Å². The Balaban J connectivity index is 1.43. The van der Waals surface area contributed by atoms with Crippen molar-refractivity contribution in [2.75, 3.05) is 25.0 Å². The molecule has 0 N–H and O–H groups in total. The first-order chi connectivity index (χ1) is 11.2. The van der Waals surface area contributed by atoms with Crippen LogP contribution >= 0.6 is 15.9 Å². The third-order valence-electron chi connectivity index (χ3n) is 4.36. The number of hydrogen-bond donors (Lipinski definition) is 0. The first-order valence-electron chi connectivity index (χ1n) is 7.55. The van der Waals surface area contributed by atoms with Crippen LogP contribution in [0.4, 0.5) is 5.82 Å². The Kier molecular flexibility index (Phi) is 3.74. The summed E-state index contributed by atoms with van der Waals surface area (Å²) in [6.07, 6.45) is 5.37. The van der Waals surface area contributed by atoms with Gasteiger partial charge >= 0.3 is 0 Å². The average Bonchev–Trinajstić information content (AvgIpc) is 2.97. The van der Waals surface area contributed by atoms with E-state index in [9.17, 15) is 0 Å². The van der Waals surface area contributed by atoms with Gasteiger partial charge in [0.2, 0.25) is 5.65 Å². The summed E-state index contributed by atoms with van der Waals surface area (Å²) in [7, 11) is 2.17. The summed E-state index contributed by atoms with van der Waals surface area (Å²) in [5.41, 5.74) is 2.13. The molecular weight excluding hydrogens is 356 g/mol. The molecule has 0 bridgehead atoms. The van der Waals surface area contributed by atoms with Gasteiger partial charge in [-0.25, -0.2) is 4.98 Å². The highest BCUT2D eigenvalue weighted by atomic mass is 79.9. The molecule has 6 nitrogen and oxygen atoms in total. The van der Waals surface area contributed by atoms with Gasteiger partial charge in [-0.05, 0) is 18.7 Å². The van der Waals surface area contributed by atoms with Crippen LogP contribution in [0.1, 0.15) is 5.56 Å². The fraction of sp³-hybridized carbons (Fsp3) is 0.312. The van der Waals surface area contributed by atoms with E-state index in [-0.39, 0.29) is 0 Å². The number of halogens is 1. The van der Waals surface area contributed by atoms with Crippen LogP contribution in [0.25, 0.3) is 5.65 Å². The van der Waals surface area contributed by atoms with Gasteiger partial charge in [0.05, 0.1) is 0 Å². The van der Waals surface area contributed by atoms with E-state index in [0.29, 0.717) is 6.04 Å². The van der Waals surface area contributed by atoms with Crippen LogP contribution in [0.15, 0.2) is 47.5 Å². The van der Waals surface area contributed by atoms with Crippen LogP contribution < -0.4 is 4.90 Å².